The third-order valence-corrected chi connectivity index (χ3v) is 4.40. The van der Waals surface area contributed by atoms with Crippen LogP contribution < -0.4 is 5.48 Å². The van der Waals surface area contributed by atoms with Crippen molar-refractivity contribution >= 4 is 15.9 Å². The Labute approximate surface area is 117 Å². The van der Waals surface area contributed by atoms with Gasteiger partial charge in [0.15, 0.2) is 0 Å². The fraction of sp³-hybridized carbons (Fsp3) is 0.769. The van der Waals surface area contributed by atoms with Gasteiger partial charge in [0.05, 0.1) is 28.5 Å². The van der Waals surface area contributed by atoms with Crippen molar-refractivity contribution in [2.24, 2.45) is 0 Å². The van der Waals surface area contributed by atoms with Crippen LogP contribution in [0.3, 0.4) is 0 Å². The predicted octanol–water partition coefficient (Wildman–Crippen LogP) is 3.19. The maximum atomic E-state index is 5.69. The van der Waals surface area contributed by atoms with Crippen LogP contribution in [0.25, 0.3) is 0 Å². The van der Waals surface area contributed by atoms with Crippen LogP contribution in [0, 0.1) is 0 Å². The fourth-order valence-electron chi connectivity index (χ4n) is 2.42. The second-order valence-corrected chi connectivity index (χ2v) is 5.52. The first-order valence-corrected chi connectivity index (χ1v) is 7.68. The van der Waals surface area contributed by atoms with Gasteiger partial charge in [-0.3, -0.25) is 9.52 Å². The van der Waals surface area contributed by atoms with Gasteiger partial charge in [0.2, 0.25) is 0 Å². The molecule has 0 atom stereocenters. The molecule has 0 saturated heterocycles. The molecule has 18 heavy (non-hydrogen) atoms. The Balaban J connectivity index is 1.92. The van der Waals surface area contributed by atoms with E-state index >= 15 is 0 Å². The van der Waals surface area contributed by atoms with Gasteiger partial charge in [-0.1, -0.05) is 19.8 Å². The molecule has 102 valence electrons. The van der Waals surface area contributed by atoms with Gasteiger partial charge >= 0.3 is 0 Å². The van der Waals surface area contributed by atoms with E-state index in [4.69, 9.17) is 4.84 Å². The van der Waals surface area contributed by atoms with E-state index in [-0.39, 0.29) is 0 Å². The molecule has 1 aromatic rings. The molecule has 1 N–H and O–H groups in total. The van der Waals surface area contributed by atoms with Gasteiger partial charge in [-0.2, -0.15) is 10.6 Å². The molecule has 0 aromatic carbocycles. The Morgan fingerprint density at radius 3 is 2.72 bits per heavy atom. The summed E-state index contributed by atoms with van der Waals surface area (Å²) in [5.41, 5.74) is 5.40. The zero-order chi connectivity index (χ0) is 13.0. The summed E-state index contributed by atoms with van der Waals surface area (Å²) in [6.07, 6.45) is 6.30. The molecule has 2 rings (SSSR count). The average molecular weight is 316 g/mol. The lowest BCUT2D eigenvalue weighted by Gasteiger charge is -2.12. The summed E-state index contributed by atoms with van der Waals surface area (Å²) in [7, 11) is 0. The van der Waals surface area contributed by atoms with Gasteiger partial charge in [-0.15, -0.1) is 0 Å². The van der Waals surface area contributed by atoms with E-state index in [0.717, 1.165) is 23.1 Å². The lowest BCUT2D eigenvalue weighted by Crippen LogP contribution is -2.23. The minimum Gasteiger partial charge on any atom is -0.298 e. The highest BCUT2D eigenvalue weighted by molar-refractivity contribution is 9.10. The molecule has 5 heteroatoms. The van der Waals surface area contributed by atoms with E-state index in [2.05, 4.69) is 40.4 Å². The third kappa shape index (κ3) is 3.13. The van der Waals surface area contributed by atoms with Gasteiger partial charge in [-0.05, 0) is 42.1 Å². The molecule has 1 saturated carbocycles. The van der Waals surface area contributed by atoms with Crippen LogP contribution in [-0.4, -0.2) is 15.9 Å². The lowest BCUT2D eigenvalue weighted by atomic mass is 10.3. The molecule has 4 nitrogen and oxygen atoms in total. The molecule has 0 unspecified atom stereocenters. The molecule has 1 aliphatic carbocycles. The van der Waals surface area contributed by atoms with E-state index in [0.29, 0.717) is 12.6 Å². The largest absolute Gasteiger partial charge is 0.298 e. The number of nitrogens with zero attached hydrogens (tertiary/aromatic N) is 2. The quantitative estimate of drug-likeness (QED) is 0.819. The first kappa shape index (κ1) is 14.0. The molecule has 1 aliphatic rings. The zero-order valence-electron chi connectivity index (χ0n) is 11.2. The number of aryl methyl sites for hydroxylation is 2. The van der Waals surface area contributed by atoms with Crippen LogP contribution in [0.4, 0.5) is 0 Å². The molecule has 1 fully saturated rings. The molecule has 0 bridgehead atoms. The summed E-state index contributed by atoms with van der Waals surface area (Å²) in [6, 6.07) is 0. The summed E-state index contributed by atoms with van der Waals surface area (Å²) in [5, 5.41) is 4.57. The van der Waals surface area contributed by atoms with Crippen LogP contribution in [0.1, 0.15) is 50.9 Å². The van der Waals surface area contributed by atoms with Crippen LogP contribution in [-0.2, 0) is 24.3 Å². The monoisotopic (exact) mass is 315 g/mol. The number of rotatable bonds is 6. The summed E-state index contributed by atoms with van der Waals surface area (Å²) in [6.45, 7) is 5.83. The number of hydrogen-bond donors (Lipinski definition) is 1. The van der Waals surface area contributed by atoms with Crippen LogP contribution in [0.2, 0.25) is 0 Å². The predicted molar refractivity (Wildman–Crippen MR) is 75.2 cm³/mol. The summed E-state index contributed by atoms with van der Waals surface area (Å²) >= 11 is 3.64. The second kappa shape index (κ2) is 6.68. The molecule has 0 aliphatic heterocycles. The number of halogens is 1. The zero-order valence-corrected chi connectivity index (χ0v) is 12.8. The van der Waals surface area contributed by atoms with Crippen LogP contribution in [0.5, 0.6) is 0 Å². The second-order valence-electron chi connectivity index (χ2n) is 4.72. The minimum atomic E-state index is 0.396. The maximum Gasteiger partial charge on any atom is 0.0790 e. The molecular formula is C13H22BrN3O. The van der Waals surface area contributed by atoms with E-state index in [1.165, 1.54) is 31.4 Å². The van der Waals surface area contributed by atoms with Gasteiger partial charge < -0.3 is 0 Å². The van der Waals surface area contributed by atoms with Crippen molar-refractivity contribution in [2.75, 3.05) is 0 Å². The highest BCUT2D eigenvalue weighted by atomic mass is 79.9. The number of hydroxylamine groups is 1. The van der Waals surface area contributed by atoms with Gasteiger partial charge in [0.1, 0.15) is 0 Å². The van der Waals surface area contributed by atoms with Crippen LogP contribution >= 0.6 is 15.9 Å². The lowest BCUT2D eigenvalue weighted by molar-refractivity contribution is -0.0254. The molecule has 0 spiro atoms. The third-order valence-electron chi connectivity index (χ3n) is 3.49. The normalized spacial score (nSPS) is 16.6. The van der Waals surface area contributed by atoms with Crippen molar-refractivity contribution in [1.29, 1.82) is 0 Å². The molecule has 0 radical (unpaired) electrons. The number of aromatic nitrogens is 2. The van der Waals surface area contributed by atoms with Gasteiger partial charge in [0.25, 0.3) is 0 Å². The molecular weight excluding hydrogens is 294 g/mol. The summed E-state index contributed by atoms with van der Waals surface area (Å²) in [5.74, 6) is 0. The first-order valence-electron chi connectivity index (χ1n) is 6.88. The van der Waals surface area contributed by atoms with Gasteiger partial charge in [0, 0.05) is 6.54 Å². The van der Waals surface area contributed by atoms with Crippen molar-refractivity contribution < 1.29 is 4.84 Å². The number of nitrogens with one attached hydrogen (secondary N) is 1. The number of hydrogen-bond acceptors (Lipinski definition) is 3. The molecule has 0 amide bonds. The SMILES string of the molecule is CCc1nn(CC)c(CNOC2CCCC2)c1Br. The topological polar surface area (TPSA) is 39.1 Å². The van der Waals surface area contributed by atoms with Crippen molar-refractivity contribution in [2.45, 2.75) is 65.1 Å². The molecule has 1 heterocycles. The van der Waals surface area contributed by atoms with Crippen molar-refractivity contribution in [3.63, 3.8) is 0 Å². The smallest absolute Gasteiger partial charge is 0.0790 e. The fourth-order valence-corrected chi connectivity index (χ4v) is 3.12. The highest BCUT2D eigenvalue weighted by Crippen LogP contribution is 2.23. The Kier molecular flexibility index (Phi) is 5.21. The summed E-state index contributed by atoms with van der Waals surface area (Å²) in [4.78, 5) is 5.69. The Hall–Kier alpha value is -0.390. The van der Waals surface area contributed by atoms with E-state index in [1.54, 1.807) is 0 Å². The Morgan fingerprint density at radius 2 is 2.11 bits per heavy atom. The van der Waals surface area contributed by atoms with E-state index in [9.17, 15) is 0 Å². The van der Waals surface area contributed by atoms with Crippen molar-refractivity contribution in [1.82, 2.24) is 15.3 Å². The maximum absolute atomic E-state index is 5.69. The van der Waals surface area contributed by atoms with E-state index in [1.807, 2.05) is 4.68 Å². The van der Waals surface area contributed by atoms with Crippen molar-refractivity contribution in [3.8, 4) is 0 Å². The highest BCUT2D eigenvalue weighted by Gasteiger charge is 2.17. The standard InChI is InChI=1S/C13H22BrN3O/c1-3-11-13(14)12(17(4-2)16-11)9-15-18-10-7-5-6-8-10/h10,15H,3-9H2,1-2H3. The van der Waals surface area contributed by atoms with Gasteiger partial charge in [-0.25, -0.2) is 0 Å². The first-order chi connectivity index (χ1) is 8.76. The summed E-state index contributed by atoms with van der Waals surface area (Å²) < 4.78 is 3.16. The van der Waals surface area contributed by atoms with E-state index < -0.39 is 0 Å². The Bertz CT molecular complexity index is 386. The van der Waals surface area contributed by atoms with Crippen LogP contribution in [0.15, 0.2) is 4.47 Å². The Morgan fingerprint density at radius 1 is 1.39 bits per heavy atom. The van der Waals surface area contributed by atoms with Crippen molar-refractivity contribution in [3.05, 3.63) is 15.9 Å². The average Bonchev–Trinajstić information content (AvgIpc) is 2.99. The molecule has 1 aromatic heterocycles. The minimum absolute atomic E-state index is 0.396.